The van der Waals surface area contributed by atoms with Crippen LogP contribution in [0.1, 0.15) is 19.3 Å². The Morgan fingerprint density at radius 1 is 1.33 bits per heavy atom. The maximum absolute atomic E-state index is 10.9. The lowest BCUT2D eigenvalue weighted by Gasteiger charge is -2.18. The number of aliphatic hydroxyl groups excluding tert-OH is 1. The van der Waals surface area contributed by atoms with Crippen LogP contribution in [0.15, 0.2) is 24.3 Å². The molecule has 1 aliphatic rings. The van der Waals surface area contributed by atoms with Gasteiger partial charge in [0.15, 0.2) is 0 Å². The van der Waals surface area contributed by atoms with Crippen LogP contribution < -0.4 is 5.32 Å². The molecular weight excluding hydrogens is 232 g/mol. The Balaban J connectivity index is 2.00. The monoisotopic (exact) mass is 250 g/mol. The van der Waals surface area contributed by atoms with E-state index in [0.717, 1.165) is 19.3 Å². The molecule has 2 unspecified atom stereocenters. The highest BCUT2D eigenvalue weighted by atomic mass is 16.6. The quantitative estimate of drug-likeness (QED) is 0.621. The van der Waals surface area contributed by atoms with Gasteiger partial charge in [-0.1, -0.05) is 18.6 Å². The number of hydrogen-bond donors (Lipinski definition) is 2. The number of nitro groups is 1. The summed E-state index contributed by atoms with van der Waals surface area (Å²) in [4.78, 5) is 10.5. The van der Waals surface area contributed by atoms with Gasteiger partial charge < -0.3 is 10.4 Å². The van der Waals surface area contributed by atoms with Crippen molar-refractivity contribution in [3.63, 3.8) is 0 Å². The Labute approximate surface area is 106 Å². The van der Waals surface area contributed by atoms with E-state index in [9.17, 15) is 15.2 Å². The maximum atomic E-state index is 10.9. The van der Waals surface area contributed by atoms with Crippen LogP contribution in [0.3, 0.4) is 0 Å². The molecule has 2 atom stereocenters. The van der Waals surface area contributed by atoms with Crippen molar-refractivity contribution < 1.29 is 10.0 Å². The van der Waals surface area contributed by atoms with Gasteiger partial charge in [0.25, 0.3) is 5.69 Å². The van der Waals surface area contributed by atoms with Gasteiger partial charge in [-0.3, -0.25) is 10.1 Å². The summed E-state index contributed by atoms with van der Waals surface area (Å²) in [5.41, 5.74) is 0.669. The second kappa shape index (κ2) is 5.82. The molecule has 0 aliphatic heterocycles. The summed E-state index contributed by atoms with van der Waals surface area (Å²) in [5, 5.41) is 23.3. The smallest absolute Gasteiger partial charge is 0.292 e. The summed E-state index contributed by atoms with van der Waals surface area (Å²) in [6, 6.07) is 6.67. The Bertz CT molecular complexity index is 422. The summed E-state index contributed by atoms with van der Waals surface area (Å²) in [5.74, 6) is 0.745. The van der Waals surface area contributed by atoms with Crippen LogP contribution in [-0.4, -0.2) is 23.2 Å². The van der Waals surface area contributed by atoms with E-state index in [1.807, 2.05) is 0 Å². The van der Waals surface area contributed by atoms with Gasteiger partial charge in [-0.25, -0.2) is 0 Å². The lowest BCUT2D eigenvalue weighted by Crippen LogP contribution is -2.21. The second-order valence-corrected chi connectivity index (χ2v) is 4.79. The Kier molecular flexibility index (Phi) is 4.15. The predicted molar refractivity (Wildman–Crippen MR) is 69.5 cm³/mol. The summed E-state index contributed by atoms with van der Waals surface area (Å²) in [7, 11) is 0. The molecule has 1 aliphatic carbocycles. The average Bonchev–Trinajstić information content (AvgIpc) is 2.84. The third kappa shape index (κ3) is 2.79. The zero-order valence-corrected chi connectivity index (χ0v) is 10.2. The van der Waals surface area contributed by atoms with Gasteiger partial charge in [-0.05, 0) is 30.7 Å². The number of para-hydroxylation sites is 2. The zero-order valence-electron chi connectivity index (χ0n) is 10.2. The molecule has 0 heterocycles. The normalized spacial score (nSPS) is 22.9. The number of rotatable bonds is 5. The van der Waals surface area contributed by atoms with Gasteiger partial charge >= 0.3 is 0 Å². The molecule has 0 amide bonds. The van der Waals surface area contributed by atoms with Gasteiger partial charge in [0.05, 0.1) is 4.92 Å². The van der Waals surface area contributed by atoms with Crippen molar-refractivity contribution in [3.8, 4) is 0 Å². The molecule has 5 heteroatoms. The number of benzene rings is 1. The second-order valence-electron chi connectivity index (χ2n) is 4.79. The van der Waals surface area contributed by atoms with Crippen molar-refractivity contribution in [2.75, 3.05) is 18.5 Å². The van der Waals surface area contributed by atoms with Crippen LogP contribution in [0.4, 0.5) is 11.4 Å². The van der Waals surface area contributed by atoms with Gasteiger partial charge in [0.2, 0.25) is 0 Å². The fraction of sp³-hybridized carbons (Fsp3) is 0.538. The average molecular weight is 250 g/mol. The molecule has 0 radical (unpaired) electrons. The molecule has 2 N–H and O–H groups in total. The minimum Gasteiger partial charge on any atom is -0.396 e. The standard InChI is InChI=1S/C13H18N2O3/c16-9-11-5-3-4-10(11)8-14-12-6-1-2-7-13(12)15(17)18/h1-2,6-7,10-11,14,16H,3-5,8-9H2. The van der Waals surface area contributed by atoms with E-state index in [-0.39, 0.29) is 17.2 Å². The van der Waals surface area contributed by atoms with E-state index in [2.05, 4.69) is 5.32 Å². The molecule has 18 heavy (non-hydrogen) atoms. The first-order valence-electron chi connectivity index (χ1n) is 6.30. The number of anilines is 1. The summed E-state index contributed by atoms with van der Waals surface area (Å²) < 4.78 is 0. The van der Waals surface area contributed by atoms with Crippen molar-refractivity contribution in [1.82, 2.24) is 0 Å². The highest BCUT2D eigenvalue weighted by Gasteiger charge is 2.26. The zero-order chi connectivity index (χ0) is 13.0. The molecule has 0 saturated heterocycles. The maximum Gasteiger partial charge on any atom is 0.292 e. The van der Waals surface area contributed by atoms with Gasteiger partial charge in [0.1, 0.15) is 5.69 Å². The van der Waals surface area contributed by atoms with Gasteiger partial charge in [-0.2, -0.15) is 0 Å². The number of aliphatic hydroxyl groups is 1. The van der Waals surface area contributed by atoms with E-state index in [4.69, 9.17) is 0 Å². The van der Waals surface area contributed by atoms with E-state index in [1.54, 1.807) is 18.2 Å². The topological polar surface area (TPSA) is 75.4 Å². The van der Waals surface area contributed by atoms with E-state index in [0.29, 0.717) is 24.1 Å². The van der Waals surface area contributed by atoms with Crippen molar-refractivity contribution in [1.29, 1.82) is 0 Å². The fourth-order valence-corrected chi connectivity index (χ4v) is 2.65. The summed E-state index contributed by atoms with van der Waals surface area (Å²) >= 11 is 0. The minimum absolute atomic E-state index is 0.107. The Hall–Kier alpha value is -1.62. The third-order valence-corrected chi connectivity index (χ3v) is 3.71. The Morgan fingerprint density at radius 3 is 2.78 bits per heavy atom. The van der Waals surface area contributed by atoms with Crippen LogP contribution in [-0.2, 0) is 0 Å². The van der Waals surface area contributed by atoms with Gasteiger partial charge in [0, 0.05) is 19.2 Å². The van der Waals surface area contributed by atoms with Crippen molar-refractivity contribution >= 4 is 11.4 Å². The van der Waals surface area contributed by atoms with Gasteiger partial charge in [-0.15, -0.1) is 0 Å². The van der Waals surface area contributed by atoms with Crippen molar-refractivity contribution in [2.24, 2.45) is 11.8 Å². The fourth-order valence-electron chi connectivity index (χ4n) is 2.65. The largest absolute Gasteiger partial charge is 0.396 e. The summed E-state index contributed by atoms with van der Waals surface area (Å²) in [6.07, 6.45) is 3.27. The first kappa shape index (κ1) is 12.8. The van der Waals surface area contributed by atoms with Crippen LogP contribution in [0.25, 0.3) is 0 Å². The first-order valence-corrected chi connectivity index (χ1v) is 6.30. The minimum atomic E-state index is -0.374. The van der Waals surface area contributed by atoms with E-state index < -0.39 is 0 Å². The molecule has 98 valence electrons. The molecule has 0 aromatic heterocycles. The number of nitrogens with one attached hydrogen (secondary N) is 1. The molecule has 1 aromatic carbocycles. The molecular formula is C13H18N2O3. The van der Waals surface area contributed by atoms with E-state index in [1.165, 1.54) is 6.07 Å². The predicted octanol–water partition coefficient (Wildman–Crippen LogP) is 2.42. The summed E-state index contributed by atoms with van der Waals surface area (Å²) in [6.45, 7) is 0.902. The molecule has 5 nitrogen and oxygen atoms in total. The highest BCUT2D eigenvalue weighted by Crippen LogP contribution is 2.32. The molecule has 1 fully saturated rings. The molecule has 0 bridgehead atoms. The highest BCUT2D eigenvalue weighted by molar-refractivity contribution is 5.61. The Morgan fingerprint density at radius 2 is 2.06 bits per heavy atom. The molecule has 0 spiro atoms. The lowest BCUT2D eigenvalue weighted by molar-refractivity contribution is -0.384. The van der Waals surface area contributed by atoms with Crippen LogP contribution in [0, 0.1) is 22.0 Å². The number of nitrogens with zero attached hydrogens (tertiary/aromatic N) is 1. The molecule has 1 aromatic rings. The van der Waals surface area contributed by atoms with Crippen LogP contribution in [0.2, 0.25) is 0 Å². The SMILES string of the molecule is O=[N+]([O-])c1ccccc1NCC1CCCC1CO. The van der Waals surface area contributed by atoms with Crippen molar-refractivity contribution in [2.45, 2.75) is 19.3 Å². The third-order valence-electron chi connectivity index (χ3n) is 3.71. The number of hydrogen-bond acceptors (Lipinski definition) is 4. The first-order chi connectivity index (χ1) is 8.72. The van der Waals surface area contributed by atoms with E-state index >= 15 is 0 Å². The van der Waals surface area contributed by atoms with Crippen LogP contribution >= 0.6 is 0 Å². The van der Waals surface area contributed by atoms with Crippen LogP contribution in [0.5, 0.6) is 0 Å². The molecule has 2 rings (SSSR count). The lowest BCUT2D eigenvalue weighted by atomic mass is 9.97. The number of nitro benzene ring substituents is 1. The van der Waals surface area contributed by atoms with Crippen molar-refractivity contribution in [3.05, 3.63) is 34.4 Å². The molecule has 1 saturated carbocycles.